The fourth-order valence-electron chi connectivity index (χ4n) is 2.40. The van der Waals surface area contributed by atoms with Gasteiger partial charge in [0, 0.05) is 18.3 Å². The van der Waals surface area contributed by atoms with E-state index in [2.05, 4.69) is 69.1 Å². The Balaban J connectivity index is 1.81. The van der Waals surface area contributed by atoms with E-state index >= 15 is 0 Å². The Kier molecular flexibility index (Phi) is 5.59. The molecule has 0 saturated carbocycles. The fraction of sp³-hybridized carbons (Fsp3) is 0.450. The standard InChI is InChI=1S/C20H27NO/c1-5-16-6-9-18(21-15-16)12-13-22-19-10-7-17(8-11-19)14-20(2,3)4/h6-11,15H,5,12-14H2,1-4H3. The molecular formula is C20H27NO. The van der Waals surface area contributed by atoms with Gasteiger partial charge in [0.25, 0.3) is 0 Å². The molecule has 0 aliphatic heterocycles. The van der Waals surface area contributed by atoms with Gasteiger partial charge in [-0.15, -0.1) is 0 Å². The molecule has 0 aliphatic carbocycles. The molecular weight excluding hydrogens is 270 g/mol. The summed E-state index contributed by atoms with van der Waals surface area (Å²) in [7, 11) is 0. The zero-order valence-corrected chi connectivity index (χ0v) is 14.2. The number of aryl methyl sites for hydroxylation is 1. The maximum absolute atomic E-state index is 5.81. The number of benzene rings is 1. The first-order valence-corrected chi connectivity index (χ1v) is 8.12. The second-order valence-electron chi connectivity index (χ2n) is 6.99. The van der Waals surface area contributed by atoms with Gasteiger partial charge in [-0.3, -0.25) is 4.98 Å². The van der Waals surface area contributed by atoms with Gasteiger partial charge in [0.2, 0.25) is 0 Å². The van der Waals surface area contributed by atoms with Crippen LogP contribution in [0.4, 0.5) is 0 Å². The van der Waals surface area contributed by atoms with Gasteiger partial charge in [-0.1, -0.05) is 45.9 Å². The highest BCUT2D eigenvalue weighted by molar-refractivity contribution is 5.28. The summed E-state index contributed by atoms with van der Waals surface area (Å²) in [5, 5.41) is 0. The van der Waals surface area contributed by atoms with Crippen LogP contribution < -0.4 is 4.74 Å². The summed E-state index contributed by atoms with van der Waals surface area (Å²) in [5.74, 6) is 0.933. The lowest BCUT2D eigenvalue weighted by Gasteiger charge is -2.18. The molecule has 2 heteroatoms. The smallest absolute Gasteiger partial charge is 0.119 e. The van der Waals surface area contributed by atoms with Crippen LogP contribution in [-0.4, -0.2) is 11.6 Å². The first-order valence-electron chi connectivity index (χ1n) is 8.12. The van der Waals surface area contributed by atoms with Crippen LogP contribution >= 0.6 is 0 Å². The highest BCUT2D eigenvalue weighted by Gasteiger charge is 2.10. The van der Waals surface area contributed by atoms with Crippen molar-refractivity contribution in [2.75, 3.05) is 6.61 Å². The van der Waals surface area contributed by atoms with Gasteiger partial charge >= 0.3 is 0 Å². The van der Waals surface area contributed by atoms with Gasteiger partial charge in [-0.25, -0.2) is 0 Å². The van der Waals surface area contributed by atoms with Gasteiger partial charge in [-0.05, 0) is 47.6 Å². The molecule has 0 fully saturated rings. The molecule has 2 nitrogen and oxygen atoms in total. The minimum absolute atomic E-state index is 0.318. The Morgan fingerprint density at radius 1 is 0.955 bits per heavy atom. The van der Waals surface area contributed by atoms with E-state index in [0.717, 1.165) is 30.7 Å². The summed E-state index contributed by atoms with van der Waals surface area (Å²) in [6.45, 7) is 9.58. The summed E-state index contributed by atoms with van der Waals surface area (Å²) in [4.78, 5) is 4.46. The number of rotatable bonds is 6. The minimum atomic E-state index is 0.318. The van der Waals surface area contributed by atoms with Crippen LogP contribution in [-0.2, 0) is 19.3 Å². The van der Waals surface area contributed by atoms with Crippen molar-refractivity contribution in [1.29, 1.82) is 0 Å². The monoisotopic (exact) mass is 297 g/mol. The number of hydrogen-bond donors (Lipinski definition) is 0. The number of hydrogen-bond acceptors (Lipinski definition) is 2. The van der Waals surface area contributed by atoms with Crippen molar-refractivity contribution in [3.8, 4) is 5.75 Å². The van der Waals surface area contributed by atoms with E-state index in [1.165, 1.54) is 11.1 Å². The molecule has 0 bridgehead atoms. The number of pyridine rings is 1. The lowest BCUT2D eigenvalue weighted by Crippen LogP contribution is -2.09. The molecule has 1 heterocycles. The average molecular weight is 297 g/mol. The van der Waals surface area contributed by atoms with Crippen LogP contribution in [0.5, 0.6) is 5.75 Å². The molecule has 0 N–H and O–H groups in total. The Bertz CT molecular complexity index is 564. The third-order valence-corrected chi connectivity index (χ3v) is 3.58. The van der Waals surface area contributed by atoms with Gasteiger partial charge in [0.15, 0.2) is 0 Å². The average Bonchev–Trinajstić information content (AvgIpc) is 2.48. The van der Waals surface area contributed by atoms with Gasteiger partial charge in [0.05, 0.1) is 6.61 Å². The van der Waals surface area contributed by atoms with Crippen molar-refractivity contribution in [3.63, 3.8) is 0 Å². The Morgan fingerprint density at radius 2 is 1.64 bits per heavy atom. The first-order chi connectivity index (χ1) is 10.5. The second kappa shape index (κ2) is 7.44. The van der Waals surface area contributed by atoms with Gasteiger partial charge < -0.3 is 4.74 Å². The van der Waals surface area contributed by atoms with Crippen molar-refractivity contribution < 1.29 is 4.74 Å². The SMILES string of the molecule is CCc1ccc(CCOc2ccc(CC(C)(C)C)cc2)nc1. The predicted octanol–water partition coefficient (Wildman–Crippen LogP) is 4.85. The summed E-state index contributed by atoms with van der Waals surface area (Å²) in [6, 6.07) is 12.7. The largest absolute Gasteiger partial charge is 0.493 e. The van der Waals surface area contributed by atoms with Crippen molar-refractivity contribution >= 4 is 0 Å². The molecule has 0 unspecified atom stereocenters. The normalized spacial score (nSPS) is 11.5. The lowest BCUT2D eigenvalue weighted by atomic mass is 9.88. The summed E-state index contributed by atoms with van der Waals surface area (Å²) >= 11 is 0. The van der Waals surface area contributed by atoms with Gasteiger partial charge in [0.1, 0.15) is 5.75 Å². The molecule has 0 saturated heterocycles. The van der Waals surface area contributed by atoms with E-state index in [-0.39, 0.29) is 0 Å². The topological polar surface area (TPSA) is 22.1 Å². The maximum Gasteiger partial charge on any atom is 0.119 e. The van der Waals surface area contributed by atoms with Crippen molar-refractivity contribution in [2.45, 2.75) is 47.0 Å². The Hall–Kier alpha value is -1.83. The minimum Gasteiger partial charge on any atom is -0.493 e. The molecule has 118 valence electrons. The van der Waals surface area contributed by atoms with Crippen molar-refractivity contribution in [2.24, 2.45) is 5.41 Å². The third kappa shape index (κ3) is 5.51. The van der Waals surface area contributed by atoms with E-state index in [1.54, 1.807) is 0 Å². The van der Waals surface area contributed by atoms with E-state index in [4.69, 9.17) is 4.74 Å². The molecule has 22 heavy (non-hydrogen) atoms. The molecule has 1 aromatic heterocycles. The summed E-state index contributed by atoms with van der Waals surface area (Å²) < 4.78 is 5.81. The highest BCUT2D eigenvalue weighted by atomic mass is 16.5. The van der Waals surface area contributed by atoms with Crippen LogP contribution in [0.25, 0.3) is 0 Å². The predicted molar refractivity (Wildman–Crippen MR) is 92.4 cm³/mol. The van der Waals surface area contributed by atoms with E-state index in [1.807, 2.05) is 6.20 Å². The highest BCUT2D eigenvalue weighted by Crippen LogP contribution is 2.22. The quantitative estimate of drug-likeness (QED) is 0.760. The maximum atomic E-state index is 5.81. The molecule has 0 radical (unpaired) electrons. The molecule has 1 aromatic carbocycles. The van der Waals surface area contributed by atoms with Crippen molar-refractivity contribution in [1.82, 2.24) is 4.98 Å². The van der Waals surface area contributed by atoms with Crippen molar-refractivity contribution in [3.05, 3.63) is 59.4 Å². The van der Waals surface area contributed by atoms with Crippen LogP contribution in [0.3, 0.4) is 0 Å². The Labute approximate surface area is 134 Å². The molecule has 0 spiro atoms. The van der Waals surface area contributed by atoms with Crippen LogP contribution in [0.2, 0.25) is 0 Å². The lowest BCUT2D eigenvalue weighted by molar-refractivity contribution is 0.320. The zero-order valence-electron chi connectivity index (χ0n) is 14.2. The molecule has 0 atom stereocenters. The molecule has 0 amide bonds. The summed E-state index contributed by atoms with van der Waals surface area (Å²) in [5.41, 5.74) is 4.04. The van der Waals surface area contributed by atoms with E-state index in [0.29, 0.717) is 12.0 Å². The first kappa shape index (κ1) is 16.5. The molecule has 2 rings (SSSR count). The number of aromatic nitrogens is 1. The fourth-order valence-corrected chi connectivity index (χ4v) is 2.40. The van der Waals surface area contributed by atoms with E-state index < -0.39 is 0 Å². The Morgan fingerprint density at radius 3 is 2.18 bits per heavy atom. The molecule has 0 aliphatic rings. The summed E-state index contributed by atoms with van der Waals surface area (Å²) in [6.07, 6.45) is 4.91. The number of ether oxygens (including phenoxy) is 1. The van der Waals surface area contributed by atoms with Crippen LogP contribution in [0.15, 0.2) is 42.6 Å². The third-order valence-electron chi connectivity index (χ3n) is 3.58. The second-order valence-corrected chi connectivity index (χ2v) is 6.99. The zero-order chi connectivity index (χ0) is 16.0. The van der Waals surface area contributed by atoms with Crippen LogP contribution in [0, 0.1) is 5.41 Å². The van der Waals surface area contributed by atoms with Gasteiger partial charge in [-0.2, -0.15) is 0 Å². The van der Waals surface area contributed by atoms with Crippen LogP contribution in [0.1, 0.15) is 44.5 Å². The van der Waals surface area contributed by atoms with E-state index in [9.17, 15) is 0 Å². The molecule has 2 aromatic rings. The number of nitrogens with zero attached hydrogens (tertiary/aromatic N) is 1.